The van der Waals surface area contributed by atoms with Gasteiger partial charge in [0.05, 0.1) is 72.1 Å². The van der Waals surface area contributed by atoms with Crippen LogP contribution in [-0.2, 0) is 80.6 Å². The van der Waals surface area contributed by atoms with Crippen LogP contribution in [0.3, 0.4) is 0 Å². The number of carbonyl (C=O) groups excluding carboxylic acids is 1. The molecule has 0 bridgehead atoms. The van der Waals surface area contributed by atoms with Crippen LogP contribution in [0.4, 0.5) is 0 Å². The zero-order valence-corrected chi connectivity index (χ0v) is 54.4. The van der Waals surface area contributed by atoms with Gasteiger partial charge in [-0.1, -0.05) is 0 Å². The normalized spacial score (nSPS) is 49.1. The predicted molar refractivity (Wildman–Crippen MR) is 311 cm³/mol. The third-order valence-electron chi connectivity index (χ3n) is 18.8. The standard InChI is InChI=1S/C56H97NO46/c1-12(66)57-13(2-58)23(68)43(14(67)3-59)98-53-42(87)45(100-55-48(37(82)29(74)19(8-64)94-55)103-56-47(36(81)28(73)20(9-65)95-56)102-52-40(85)34(79)26(71)17(6-62)92-52)31(76)22(97-53)11-89-50-41(86)44(30(75)21(96-50)10-88-49-38(83)32(77)24(69)15(4-60)90-49)99-54-46(35(80)27(72)18(7-63)93-54)101-51-39(84)33(78)25(70)16(5-61)91-51/h13-56,58-65,67-87H,2-11H2,1H3,(H,57,66)/t13-,14+,15+,16+,17+,18+,19+,20+,21+,22+,23+,24+,25+,26+,27+,28+,29+,30+,31+,32-,33-,34-,35+,36-,37-,38-,39-,40-,41-,42-,43+,44-,45-,46-,47-,48-,49-,50-,51+,52+,53-,54+,55+,56+/m0/s1. The largest absolute Gasteiger partial charge is 0.394 e. The number of rotatable bonds is 30. The Kier molecular flexibility index (Phi) is 31.9. The maximum absolute atomic E-state index is 12.4. The predicted octanol–water partition coefficient (Wildman–Crippen LogP) is -20.8. The number of nitrogens with one attached hydrogen (secondary N) is 1. The molecule has 44 atom stereocenters. The summed E-state index contributed by atoms with van der Waals surface area (Å²) in [5, 5.41) is 318. The topological polar surface area (TPSA) is 763 Å². The summed E-state index contributed by atoms with van der Waals surface area (Å²) >= 11 is 0. The van der Waals surface area contributed by atoms with Crippen LogP contribution in [0.2, 0.25) is 0 Å². The molecule has 0 aromatic heterocycles. The molecule has 0 aromatic carbocycles. The van der Waals surface area contributed by atoms with Gasteiger partial charge in [0.2, 0.25) is 5.91 Å². The lowest BCUT2D eigenvalue weighted by Crippen LogP contribution is -2.68. The van der Waals surface area contributed by atoms with Gasteiger partial charge < -0.3 is 229 Å². The molecule has 8 fully saturated rings. The maximum Gasteiger partial charge on any atom is 0.217 e. The zero-order chi connectivity index (χ0) is 76.1. The van der Waals surface area contributed by atoms with Gasteiger partial charge in [-0.25, -0.2) is 0 Å². The van der Waals surface area contributed by atoms with E-state index in [9.17, 15) is 153 Å². The van der Waals surface area contributed by atoms with E-state index in [0.29, 0.717) is 0 Å². The van der Waals surface area contributed by atoms with E-state index in [1.807, 2.05) is 0 Å². The van der Waals surface area contributed by atoms with Gasteiger partial charge in [0.15, 0.2) is 50.3 Å². The first-order valence-corrected chi connectivity index (χ1v) is 32.6. The fourth-order valence-electron chi connectivity index (χ4n) is 12.7. The maximum atomic E-state index is 12.4. The highest BCUT2D eigenvalue weighted by Gasteiger charge is 2.60. The van der Waals surface area contributed by atoms with Crippen molar-refractivity contribution in [2.75, 3.05) is 66.1 Å². The van der Waals surface area contributed by atoms with Crippen molar-refractivity contribution in [1.82, 2.24) is 5.32 Å². The molecule has 30 N–H and O–H groups in total. The molecule has 0 radical (unpaired) electrons. The van der Waals surface area contributed by atoms with Crippen molar-refractivity contribution in [2.24, 2.45) is 0 Å². The molecule has 47 heteroatoms. The third-order valence-corrected chi connectivity index (χ3v) is 18.8. The van der Waals surface area contributed by atoms with E-state index in [4.69, 9.17) is 75.8 Å². The van der Waals surface area contributed by atoms with Gasteiger partial charge >= 0.3 is 0 Å². The molecule has 8 saturated heterocycles. The van der Waals surface area contributed by atoms with Crippen LogP contribution in [0.1, 0.15) is 6.92 Å². The Morgan fingerprint density at radius 2 is 0.583 bits per heavy atom. The minimum atomic E-state index is -2.59. The van der Waals surface area contributed by atoms with Gasteiger partial charge in [-0.15, -0.1) is 0 Å². The fraction of sp³-hybridized carbons (Fsp3) is 0.982. The molecular formula is C56H97NO46. The van der Waals surface area contributed by atoms with E-state index in [1.165, 1.54) is 0 Å². The second kappa shape index (κ2) is 38.1. The fourth-order valence-corrected chi connectivity index (χ4v) is 12.7. The number of hydrogen-bond acceptors (Lipinski definition) is 46. The zero-order valence-electron chi connectivity index (χ0n) is 54.4. The van der Waals surface area contributed by atoms with Crippen molar-refractivity contribution >= 4 is 5.91 Å². The Morgan fingerprint density at radius 1 is 0.311 bits per heavy atom. The Hall–Kier alpha value is -2.33. The molecule has 0 unspecified atom stereocenters. The first-order chi connectivity index (χ1) is 48.7. The Balaban J connectivity index is 1.15. The summed E-state index contributed by atoms with van der Waals surface area (Å²) in [6.45, 7) is -10.2. The summed E-state index contributed by atoms with van der Waals surface area (Å²) in [5.74, 6) is -0.882. The first-order valence-electron chi connectivity index (χ1n) is 32.6. The molecule has 0 aliphatic carbocycles. The molecule has 8 aliphatic rings. The number of hydrogen-bond donors (Lipinski definition) is 30. The van der Waals surface area contributed by atoms with Gasteiger partial charge in [0, 0.05) is 6.92 Å². The SMILES string of the molecule is CC(=O)N[C@@H](CO)[C@@H](O)[C@H](O[C@@H]1O[C@H](CO[C@H]2O[C@H](CO[C@H]3O[C@H](CO)[C@@H](O)[C@H](O)[C@@H]3O)[C@@H](O)[C@H](O[C@H]3O[C@H](CO)[C@@H](O)[C@@H](O)[C@@H]3O[C@H]3O[C@H](CO)[C@@H](O)[C@H](O)[C@@H]3O)[C@@H]2O)[C@@H](O)[C@H](O[C@H]2O[C@H](CO)[C@@H](O)[C@H](O)[C@@H]2O[C@H]2O[C@H](CO)[C@@H](O)[C@H](O)[C@@H]2O[C@H]2O[C@H](CO)[C@@H](O)[C@H](O)[C@@H]2O)[C@@H]1O)[C@H](O)CO. The van der Waals surface area contributed by atoms with Gasteiger partial charge in [-0.2, -0.15) is 0 Å². The van der Waals surface area contributed by atoms with Crippen molar-refractivity contribution in [2.45, 2.75) is 277 Å². The number of aliphatic hydroxyl groups excluding tert-OH is 29. The smallest absolute Gasteiger partial charge is 0.217 e. The number of amides is 1. The average molecular weight is 1520 g/mol. The second-order valence-electron chi connectivity index (χ2n) is 25.8. The van der Waals surface area contributed by atoms with E-state index in [2.05, 4.69) is 5.32 Å². The van der Waals surface area contributed by atoms with Gasteiger partial charge in [-0.05, 0) is 0 Å². The van der Waals surface area contributed by atoms with Crippen molar-refractivity contribution in [3.05, 3.63) is 0 Å². The third kappa shape index (κ3) is 19.0. The Bertz CT molecular complexity index is 2530. The molecule has 0 aromatic rings. The second-order valence-corrected chi connectivity index (χ2v) is 25.8. The number of ether oxygens (including phenoxy) is 16. The summed E-state index contributed by atoms with van der Waals surface area (Å²) in [6.07, 6.45) is -93.4. The van der Waals surface area contributed by atoms with Crippen LogP contribution in [0.25, 0.3) is 0 Å². The molecule has 103 heavy (non-hydrogen) atoms. The summed E-state index contributed by atoms with van der Waals surface area (Å²) in [7, 11) is 0. The lowest BCUT2D eigenvalue weighted by atomic mass is 9.95. The number of aliphatic hydroxyl groups is 29. The van der Waals surface area contributed by atoms with E-state index >= 15 is 0 Å². The highest BCUT2D eigenvalue weighted by atomic mass is 16.8. The van der Waals surface area contributed by atoms with Crippen LogP contribution < -0.4 is 5.32 Å². The number of carbonyl (C=O) groups is 1. The monoisotopic (exact) mass is 1520 g/mol. The summed E-state index contributed by atoms with van der Waals surface area (Å²) in [5.41, 5.74) is 0. The highest BCUT2D eigenvalue weighted by molar-refractivity contribution is 5.73. The van der Waals surface area contributed by atoms with Crippen LogP contribution in [-0.4, -0.2) is 490 Å². The van der Waals surface area contributed by atoms with Crippen molar-refractivity contribution < 1.29 is 229 Å². The summed E-state index contributed by atoms with van der Waals surface area (Å²) in [6, 6.07) is -1.76. The molecule has 602 valence electrons. The van der Waals surface area contributed by atoms with Crippen LogP contribution in [0.15, 0.2) is 0 Å². The van der Waals surface area contributed by atoms with Gasteiger partial charge in [0.25, 0.3) is 0 Å². The van der Waals surface area contributed by atoms with Crippen LogP contribution >= 0.6 is 0 Å². The van der Waals surface area contributed by atoms with Gasteiger partial charge in [0.1, 0.15) is 214 Å². The van der Waals surface area contributed by atoms with E-state index in [0.717, 1.165) is 6.92 Å². The Labute approximate surface area is 581 Å². The highest BCUT2D eigenvalue weighted by Crippen LogP contribution is 2.39. The average Bonchev–Trinajstić information content (AvgIpc) is 0.770. The molecule has 0 spiro atoms. The molecule has 8 heterocycles. The molecule has 8 rings (SSSR count). The molecule has 8 aliphatic heterocycles. The van der Waals surface area contributed by atoms with E-state index in [1.54, 1.807) is 0 Å². The quantitative estimate of drug-likeness (QED) is 0.0318. The van der Waals surface area contributed by atoms with Crippen molar-refractivity contribution in [1.29, 1.82) is 0 Å². The van der Waals surface area contributed by atoms with Gasteiger partial charge in [-0.3, -0.25) is 4.79 Å². The molecular weight excluding hydrogens is 1420 g/mol. The van der Waals surface area contributed by atoms with Crippen LogP contribution in [0.5, 0.6) is 0 Å². The van der Waals surface area contributed by atoms with Crippen molar-refractivity contribution in [3.8, 4) is 0 Å². The van der Waals surface area contributed by atoms with E-state index < -0.39 is 342 Å². The van der Waals surface area contributed by atoms with Crippen molar-refractivity contribution in [3.63, 3.8) is 0 Å². The molecule has 0 saturated carbocycles. The first kappa shape index (κ1) is 86.3. The minimum absolute atomic E-state index is 0.882. The molecule has 47 nitrogen and oxygen atoms in total. The summed E-state index contributed by atoms with van der Waals surface area (Å²) in [4.78, 5) is 12.2. The van der Waals surface area contributed by atoms with Crippen LogP contribution in [0, 0.1) is 0 Å². The molecule has 1 amide bonds. The lowest BCUT2D eigenvalue weighted by molar-refractivity contribution is -0.406. The summed E-state index contributed by atoms with van der Waals surface area (Å²) < 4.78 is 92.5. The Morgan fingerprint density at radius 3 is 0.913 bits per heavy atom. The minimum Gasteiger partial charge on any atom is -0.394 e. The lowest BCUT2D eigenvalue weighted by Gasteiger charge is -2.50. The van der Waals surface area contributed by atoms with E-state index in [-0.39, 0.29) is 0 Å².